The number of rotatable bonds is 3. The smallest absolute Gasteiger partial charge is 0.175 e. The predicted octanol–water partition coefficient (Wildman–Crippen LogP) is 5.29. The summed E-state index contributed by atoms with van der Waals surface area (Å²) >= 11 is 6.95. The normalized spacial score (nSPS) is 23.3. The molecule has 2 unspecified atom stereocenters. The zero-order valence-corrected chi connectivity index (χ0v) is 15.9. The van der Waals surface area contributed by atoms with Crippen molar-refractivity contribution < 1.29 is 4.39 Å². The number of alkyl halides is 2. The maximum Gasteiger partial charge on any atom is 0.175 e. The van der Waals surface area contributed by atoms with Gasteiger partial charge in [-0.1, -0.05) is 46.3 Å². The standard InChI is InChI=1S/C17H16Br2FN3/c1-11-15(17(20)10-6-5-9-14(17)19)16(23(2)22-11)21-13-8-4-3-7-12(13)18/h3-10,14,21H,1-2H3. The fourth-order valence-corrected chi connectivity index (χ4v) is 3.70. The number of allylic oxidation sites excluding steroid dienone is 4. The maximum atomic E-state index is 15.7. The van der Waals surface area contributed by atoms with Crippen LogP contribution < -0.4 is 5.32 Å². The Labute approximate surface area is 151 Å². The fourth-order valence-electron chi connectivity index (χ4n) is 2.76. The van der Waals surface area contributed by atoms with Crippen LogP contribution in [-0.4, -0.2) is 14.6 Å². The monoisotopic (exact) mass is 439 g/mol. The molecule has 3 rings (SSSR count). The summed E-state index contributed by atoms with van der Waals surface area (Å²) in [5.74, 6) is 0.640. The second kappa shape index (κ2) is 6.24. The van der Waals surface area contributed by atoms with Gasteiger partial charge in [-0.2, -0.15) is 5.10 Å². The molecule has 1 aromatic carbocycles. The third-order valence-electron chi connectivity index (χ3n) is 3.86. The van der Waals surface area contributed by atoms with E-state index in [1.165, 1.54) is 0 Å². The number of aryl methyl sites for hydroxylation is 2. The van der Waals surface area contributed by atoms with E-state index >= 15 is 4.39 Å². The highest BCUT2D eigenvalue weighted by molar-refractivity contribution is 9.10. The molecule has 3 nitrogen and oxygen atoms in total. The summed E-state index contributed by atoms with van der Waals surface area (Å²) in [6.07, 6.45) is 6.94. The minimum atomic E-state index is -1.66. The Morgan fingerprint density at radius 2 is 2.04 bits per heavy atom. The van der Waals surface area contributed by atoms with E-state index in [1.807, 2.05) is 44.3 Å². The number of nitrogens with one attached hydrogen (secondary N) is 1. The van der Waals surface area contributed by atoms with Crippen molar-refractivity contribution in [1.29, 1.82) is 0 Å². The minimum absolute atomic E-state index is 0.442. The first-order chi connectivity index (χ1) is 10.9. The van der Waals surface area contributed by atoms with Gasteiger partial charge < -0.3 is 5.32 Å². The molecule has 0 amide bonds. The minimum Gasteiger partial charge on any atom is -0.339 e. The number of nitrogens with zero attached hydrogens (tertiary/aromatic N) is 2. The fraction of sp³-hybridized carbons (Fsp3) is 0.235. The summed E-state index contributed by atoms with van der Waals surface area (Å²) in [7, 11) is 1.81. The van der Waals surface area contributed by atoms with Gasteiger partial charge in [0.2, 0.25) is 0 Å². The molecule has 0 fully saturated rings. The lowest BCUT2D eigenvalue weighted by Crippen LogP contribution is -2.30. The Morgan fingerprint density at radius 1 is 1.30 bits per heavy atom. The average Bonchev–Trinajstić information content (AvgIpc) is 2.79. The molecule has 1 aromatic heterocycles. The van der Waals surface area contributed by atoms with E-state index in [0.717, 1.165) is 10.2 Å². The van der Waals surface area contributed by atoms with Crippen molar-refractivity contribution in [2.45, 2.75) is 17.4 Å². The molecule has 6 heteroatoms. The largest absolute Gasteiger partial charge is 0.339 e. The SMILES string of the molecule is Cc1nn(C)c(Nc2ccccc2Br)c1C1(F)C=CC=CC1Br. The first kappa shape index (κ1) is 16.5. The van der Waals surface area contributed by atoms with E-state index in [2.05, 4.69) is 42.3 Å². The van der Waals surface area contributed by atoms with E-state index in [1.54, 1.807) is 22.9 Å². The van der Waals surface area contributed by atoms with E-state index < -0.39 is 10.5 Å². The Bertz CT molecular complexity index is 797. The lowest BCUT2D eigenvalue weighted by molar-refractivity contribution is 0.245. The number of halogens is 3. The van der Waals surface area contributed by atoms with Gasteiger partial charge in [-0.3, -0.25) is 4.68 Å². The van der Waals surface area contributed by atoms with Crippen LogP contribution >= 0.6 is 31.9 Å². The van der Waals surface area contributed by atoms with Gasteiger partial charge in [-0.05, 0) is 41.1 Å². The zero-order valence-electron chi connectivity index (χ0n) is 12.7. The van der Waals surface area contributed by atoms with Gasteiger partial charge in [0.05, 0.1) is 21.8 Å². The highest BCUT2D eigenvalue weighted by atomic mass is 79.9. The molecule has 1 aliphatic rings. The topological polar surface area (TPSA) is 29.9 Å². The van der Waals surface area contributed by atoms with Crippen LogP contribution in [0.2, 0.25) is 0 Å². The van der Waals surface area contributed by atoms with Crippen molar-refractivity contribution in [2.24, 2.45) is 7.05 Å². The van der Waals surface area contributed by atoms with Crippen LogP contribution in [0.5, 0.6) is 0 Å². The Balaban J connectivity index is 2.11. The number of anilines is 2. The van der Waals surface area contributed by atoms with Gasteiger partial charge in [0.25, 0.3) is 0 Å². The molecular weight excluding hydrogens is 425 g/mol. The van der Waals surface area contributed by atoms with Crippen LogP contribution in [-0.2, 0) is 12.7 Å². The molecule has 0 aliphatic heterocycles. The molecule has 0 saturated heterocycles. The molecule has 2 atom stereocenters. The summed E-state index contributed by atoms with van der Waals surface area (Å²) in [6.45, 7) is 1.83. The van der Waals surface area contributed by atoms with Crippen LogP contribution in [0.1, 0.15) is 11.3 Å². The summed E-state index contributed by atoms with van der Waals surface area (Å²) in [5.41, 5.74) is 0.408. The molecule has 0 radical (unpaired) electrons. The third-order valence-corrected chi connectivity index (χ3v) is 5.53. The zero-order chi connectivity index (χ0) is 16.6. The van der Waals surface area contributed by atoms with Gasteiger partial charge in [0.15, 0.2) is 5.67 Å². The molecule has 0 spiro atoms. The second-order valence-electron chi connectivity index (χ2n) is 5.45. The summed E-state index contributed by atoms with van der Waals surface area (Å²) < 4.78 is 18.3. The quantitative estimate of drug-likeness (QED) is 0.657. The van der Waals surface area contributed by atoms with E-state index in [4.69, 9.17) is 0 Å². The Kier molecular flexibility index (Phi) is 4.47. The summed E-state index contributed by atoms with van der Waals surface area (Å²) in [6, 6.07) is 7.73. The number of aromatic nitrogens is 2. The number of hydrogen-bond donors (Lipinski definition) is 1. The molecule has 1 N–H and O–H groups in total. The third kappa shape index (κ3) is 2.90. The Hall–Kier alpha value is -1.40. The van der Waals surface area contributed by atoms with Gasteiger partial charge in [0.1, 0.15) is 5.82 Å². The first-order valence-corrected chi connectivity index (χ1v) is 8.89. The van der Waals surface area contributed by atoms with E-state index in [9.17, 15) is 0 Å². The second-order valence-corrected chi connectivity index (χ2v) is 7.29. The Morgan fingerprint density at radius 3 is 2.74 bits per heavy atom. The van der Waals surface area contributed by atoms with Crippen molar-refractivity contribution in [1.82, 2.24) is 9.78 Å². The van der Waals surface area contributed by atoms with Crippen LogP contribution in [0.4, 0.5) is 15.9 Å². The molecule has 120 valence electrons. The van der Waals surface area contributed by atoms with Gasteiger partial charge >= 0.3 is 0 Å². The van der Waals surface area contributed by atoms with Gasteiger partial charge in [0, 0.05) is 11.5 Å². The van der Waals surface area contributed by atoms with Gasteiger partial charge in [-0.25, -0.2) is 4.39 Å². The van der Waals surface area contributed by atoms with Crippen molar-refractivity contribution in [3.05, 3.63) is 64.3 Å². The van der Waals surface area contributed by atoms with Crippen LogP contribution in [0.3, 0.4) is 0 Å². The summed E-state index contributed by atoms with van der Waals surface area (Å²) in [4.78, 5) is -0.442. The van der Waals surface area contributed by atoms with E-state index in [0.29, 0.717) is 17.1 Å². The van der Waals surface area contributed by atoms with Crippen LogP contribution in [0.25, 0.3) is 0 Å². The van der Waals surface area contributed by atoms with E-state index in [-0.39, 0.29) is 0 Å². The molecule has 23 heavy (non-hydrogen) atoms. The predicted molar refractivity (Wildman–Crippen MR) is 99.2 cm³/mol. The molecule has 0 saturated carbocycles. The van der Waals surface area contributed by atoms with Crippen molar-refractivity contribution in [3.63, 3.8) is 0 Å². The number of hydrogen-bond acceptors (Lipinski definition) is 2. The molecule has 0 bridgehead atoms. The summed E-state index contributed by atoms with van der Waals surface area (Å²) in [5, 5.41) is 7.72. The number of benzene rings is 1. The van der Waals surface area contributed by atoms with Crippen molar-refractivity contribution in [2.75, 3.05) is 5.32 Å². The highest BCUT2D eigenvalue weighted by Gasteiger charge is 2.42. The highest BCUT2D eigenvalue weighted by Crippen LogP contribution is 2.44. The van der Waals surface area contributed by atoms with Crippen LogP contribution in [0.15, 0.2) is 53.0 Å². The molecule has 1 aliphatic carbocycles. The molecule has 1 heterocycles. The van der Waals surface area contributed by atoms with Crippen LogP contribution in [0, 0.1) is 6.92 Å². The van der Waals surface area contributed by atoms with Gasteiger partial charge in [-0.15, -0.1) is 0 Å². The lowest BCUT2D eigenvalue weighted by Gasteiger charge is -2.28. The average molecular weight is 441 g/mol. The first-order valence-electron chi connectivity index (χ1n) is 7.18. The molecule has 2 aromatic rings. The van der Waals surface area contributed by atoms with Crippen molar-refractivity contribution >= 4 is 43.4 Å². The lowest BCUT2D eigenvalue weighted by atomic mass is 9.88. The maximum absolute atomic E-state index is 15.7. The molecular formula is C17H16Br2FN3. The van der Waals surface area contributed by atoms with Crippen molar-refractivity contribution in [3.8, 4) is 0 Å². The number of para-hydroxylation sites is 1.